The molecule has 0 bridgehead atoms. The molecule has 3 aromatic rings. The lowest BCUT2D eigenvalue weighted by Gasteiger charge is -2.07. The summed E-state index contributed by atoms with van der Waals surface area (Å²) in [6.45, 7) is 0. The van der Waals surface area contributed by atoms with Crippen molar-refractivity contribution >= 4 is 23.3 Å². The second-order valence-corrected chi connectivity index (χ2v) is 6.17. The van der Waals surface area contributed by atoms with Gasteiger partial charge in [-0.2, -0.15) is 0 Å². The fourth-order valence-corrected chi connectivity index (χ4v) is 2.63. The Labute approximate surface area is 172 Å². The number of carbonyl (C=O) groups excluding carboxylic acids is 2. The van der Waals surface area contributed by atoms with Crippen LogP contribution in [0, 0.1) is 22.0 Å². The molecule has 0 aliphatic heterocycles. The first-order valence-electron chi connectivity index (χ1n) is 8.82. The third-order valence-corrected chi connectivity index (χ3v) is 4.06. The maximum atomic E-state index is 12.6. The molecule has 7 nitrogen and oxygen atoms in total. The number of amides is 1. The Morgan fingerprint density at radius 1 is 0.900 bits per heavy atom. The van der Waals surface area contributed by atoms with E-state index in [-0.39, 0.29) is 16.8 Å². The number of anilines is 1. The second-order valence-electron chi connectivity index (χ2n) is 6.17. The van der Waals surface area contributed by atoms with Gasteiger partial charge in [0.05, 0.1) is 17.6 Å². The third-order valence-electron chi connectivity index (χ3n) is 4.06. The Morgan fingerprint density at radius 3 is 2.27 bits per heavy atom. The number of rotatable bonds is 4. The van der Waals surface area contributed by atoms with E-state index < -0.39 is 16.8 Å². The molecule has 0 aliphatic rings. The number of nitrogens with zero attached hydrogens (tertiary/aromatic N) is 1. The molecule has 0 saturated carbocycles. The van der Waals surface area contributed by atoms with E-state index in [2.05, 4.69) is 21.9 Å². The van der Waals surface area contributed by atoms with Crippen LogP contribution in [0.25, 0.3) is 0 Å². The molecule has 1 N–H and O–H groups in total. The number of hydrogen-bond acceptors (Lipinski definition) is 5. The van der Waals surface area contributed by atoms with E-state index in [9.17, 15) is 19.7 Å². The van der Waals surface area contributed by atoms with Crippen molar-refractivity contribution in [1.82, 2.24) is 0 Å². The average molecular weight is 400 g/mol. The standard InChI is InChI=1S/C23H16N2O5/c1-30-23(27)19-13-18(14-21(15-19)25(28)29)22(26)24-20-9-5-8-17(12-20)11-10-16-6-3-2-4-7-16/h2-9,12-15H,1H3,(H,24,26). The minimum absolute atomic E-state index is 0.0367. The summed E-state index contributed by atoms with van der Waals surface area (Å²) >= 11 is 0. The van der Waals surface area contributed by atoms with Gasteiger partial charge in [0, 0.05) is 34.5 Å². The number of esters is 1. The van der Waals surface area contributed by atoms with Gasteiger partial charge in [0.1, 0.15) is 0 Å². The molecule has 0 saturated heterocycles. The van der Waals surface area contributed by atoms with Crippen molar-refractivity contribution in [3.63, 3.8) is 0 Å². The van der Waals surface area contributed by atoms with E-state index >= 15 is 0 Å². The van der Waals surface area contributed by atoms with Gasteiger partial charge >= 0.3 is 5.97 Å². The molecule has 7 heteroatoms. The van der Waals surface area contributed by atoms with E-state index in [0.717, 1.165) is 24.8 Å². The molecule has 0 unspecified atom stereocenters. The van der Waals surface area contributed by atoms with Gasteiger partial charge in [-0.25, -0.2) is 4.79 Å². The second kappa shape index (κ2) is 9.17. The van der Waals surface area contributed by atoms with Crippen LogP contribution < -0.4 is 5.32 Å². The lowest BCUT2D eigenvalue weighted by molar-refractivity contribution is -0.384. The summed E-state index contributed by atoms with van der Waals surface area (Å²) in [4.78, 5) is 34.8. The number of nitrogens with one attached hydrogen (secondary N) is 1. The molecule has 0 heterocycles. The van der Waals surface area contributed by atoms with E-state index in [0.29, 0.717) is 11.3 Å². The number of hydrogen-bond donors (Lipinski definition) is 1. The molecular weight excluding hydrogens is 384 g/mol. The number of nitro groups is 1. The molecule has 3 aromatic carbocycles. The third kappa shape index (κ3) is 5.09. The molecule has 0 fully saturated rings. The zero-order valence-electron chi connectivity index (χ0n) is 15.9. The molecular formula is C23H16N2O5. The maximum Gasteiger partial charge on any atom is 0.338 e. The normalized spacial score (nSPS) is 9.77. The summed E-state index contributed by atoms with van der Waals surface area (Å²) in [6, 6.07) is 19.8. The highest BCUT2D eigenvalue weighted by molar-refractivity contribution is 6.06. The fraction of sp³-hybridized carbons (Fsp3) is 0.0435. The first-order valence-corrected chi connectivity index (χ1v) is 8.82. The first kappa shape index (κ1) is 20.3. The van der Waals surface area contributed by atoms with Crippen LogP contribution in [0.3, 0.4) is 0 Å². The van der Waals surface area contributed by atoms with Crippen LogP contribution in [0.4, 0.5) is 11.4 Å². The van der Waals surface area contributed by atoms with Crippen LogP contribution in [0.2, 0.25) is 0 Å². The Kier molecular flexibility index (Phi) is 6.20. The molecule has 0 atom stereocenters. The van der Waals surface area contributed by atoms with Crippen LogP contribution in [0.15, 0.2) is 72.8 Å². The number of benzene rings is 3. The predicted molar refractivity (Wildman–Crippen MR) is 111 cm³/mol. The summed E-state index contributed by atoms with van der Waals surface area (Å²) < 4.78 is 4.59. The Balaban J connectivity index is 1.84. The summed E-state index contributed by atoms with van der Waals surface area (Å²) in [5, 5.41) is 13.8. The van der Waals surface area contributed by atoms with Gasteiger partial charge in [-0.1, -0.05) is 36.1 Å². The monoisotopic (exact) mass is 400 g/mol. The minimum Gasteiger partial charge on any atom is -0.465 e. The number of methoxy groups -OCH3 is 1. The molecule has 30 heavy (non-hydrogen) atoms. The lowest BCUT2D eigenvalue weighted by Crippen LogP contribution is -2.14. The molecule has 0 aromatic heterocycles. The van der Waals surface area contributed by atoms with Gasteiger partial charge < -0.3 is 10.1 Å². The van der Waals surface area contributed by atoms with E-state index in [4.69, 9.17) is 0 Å². The van der Waals surface area contributed by atoms with Crippen molar-refractivity contribution in [1.29, 1.82) is 0 Å². The van der Waals surface area contributed by atoms with Gasteiger partial charge in [0.25, 0.3) is 11.6 Å². The largest absolute Gasteiger partial charge is 0.465 e. The summed E-state index contributed by atoms with van der Waals surface area (Å²) in [5.74, 6) is 4.68. The van der Waals surface area contributed by atoms with Crippen molar-refractivity contribution < 1.29 is 19.2 Å². The van der Waals surface area contributed by atoms with Crippen LogP contribution in [-0.2, 0) is 4.74 Å². The van der Waals surface area contributed by atoms with Gasteiger partial charge in [0.15, 0.2) is 0 Å². The average Bonchev–Trinajstić information content (AvgIpc) is 2.77. The SMILES string of the molecule is COC(=O)c1cc(C(=O)Nc2cccc(C#Cc3ccccc3)c2)cc([N+](=O)[O-])c1. The van der Waals surface area contributed by atoms with Gasteiger partial charge in [-0.05, 0) is 36.4 Å². The van der Waals surface area contributed by atoms with Crippen LogP contribution in [0.5, 0.6) is 0 Å². The summed E-state index contributed by atoms with van der Waals surface area (Å²) in [6.07, 6.45) is 0. The topological polar surface area (TPSA) is 98.5 Å². The van der Waals surface area contributed by atoms with Crippen LogP contribution in [-0.4, -0.2) is 23.9 Å². The Morgan fingerprint density at radius 2 is 1.57 bits per heavy atom. The quantitative estimate of drug-likeness (QED) is 0.309. The van der Waals surface area contributed by atoms with Crippen molar-refractivity contribution in [3.8, 4) is 11.8 Å². The molecule has 0 radical (unpaired) electrons. The van der Waals surface area contributed by atoms with E-state index in [1.54, 1.807) is 24.3 Å². The van der Waals surface area contributed by atoms with E-state index in [1.807, 2.05) is 30.3 Å². The smallest absolute Gasteiger partial charge is 0.338 e. The lowest BCUT2D eigenvalue weighted by atomic mass is 10.1. The molecule has 0 spiro atoms. The Hall–Kier alpha value is -4.44. The number of ether oxygens (including phenoxy) is 1. The van der Waals surface area contributed by atoms with Gasteiger partial charge in [0.2, 0.25) is 0 Å². The Bertz CT molecular complexity index is 1180. The molecule has 1 amide bonds. The number of non-ortho nitro benzene ring substituents is 1. The van der Waals surface area contributed by atoms with Crippen molar-refractivity contribution in [3.05, 3.63) is 105 Å². The highest BCUT2D eigenvalue weighted by Crippen LogP contribution is 2.20. The first-order chi connectivity index (χ1) is 14.5. The molecule has 0 aliphatic carbocycles. The highest BCUT2D eigenvalue weighted by atomic mass is 16.6. The highest BCUT2D eigenvalue weighted by Gasteiger charge is 2.18. The van der Waals surface area contributed by atoms with Crippen molar-refractivity contribution in [2.45, 2.75) is 0 Å². The number of carbonyl (C=O) groups is 2. The molecule has 148 valence electrons. The zero-order valence-corrected chi connectivity index (χ0v) is 15.9. The summed E-state index contributed by atoms with van der Waals surface area (Å²) in [5.41, 5.74) is 1.51. The predicted octanol–water partition coefficient (Wildman–Crippen LogP) is 4.03. The van der Waals surface area contributed by atoms with Gasteiger partial charge in [-0.3, -0.25) is 14.9 Å². The van der Waals surface area contributed by atoms with Gasteiger partial charge in [-0.15, -0.1) is 0 Å². The zero-order chi connectivity index (χ0) is 21.5. The molecule has 3 rings (SSSR count). The van der Waals surface area contributed by atoms with Crippen LogP contribution in [0.1, 0.15) is 31.8 Å². The van der Waals surface area contributed by atoms with Crippen molar-refractivity contribution in [2.24, 2.45) is 0 Å². The fourth-order valence-electron chi connectivity index (χ4n) is 2.63. The van der Waals surface area contributed by atoms with Crippen LogP contribution >= 0.6 is 0 Å². The minimum atomic E-state index is -0.772. The van der Waals surface area contributed by atoms with Crippen molar-refractivity contribution in [2.75, 3.05) is 12.4 Å². The summed E-state index contributed by atoms with van der Waals surface area (Å²) in [7, 11) is 1.16. The maximum absolute atomic E-state index is 12.6. The van der Waals surface area contributed by atoms with E-state index in [1.165, 1.54) is 6.07 Å². The number of nitro benzene ring substituents is 1.